The number of aromatic hydroxyl groups is 1. The molecule has 8 rings (SSSR count). The molecule has 12 heteroatoms. The number of piperidine rings is 1. The van der Waals surface area contributed by atoms with Crippen molar-refractivity contribution >= 4 is 34.3 Å². The zero-order valence-corrected chi connectivity index (χ0v) is 37.3. The van der Waals surface area contributed by atoms with Gasteiger partial charge in [-0.25, -0.2) is 0 Å². The molecule has 5 aromatic carbocycles. The Labute approximate surface area is 385 Å². The third kappa shape index (κ3) is 11.3. The van der Waals surface area contributed by atoms with E-state index in [0.717, 1.165) is 60.3 Å². The fourth-order valence-corrected chi connectivity index (χ4v) is 9.00. The first-order valence-electron chi connectivity index (χ1n) is 22.7. The molecule has 0 aliphatic carbocycles. The normalized spacial score (nSPS) is 15.5. The number of esters is 1. The van der Waals surface area contributed by atoms with Crippen molar-refractivity contribution in [1.82, 2.24) is 25.0 Å². The van der Waals surface area contributed by atoms with Crippen molar-refractivity contribution < 1.29 is 29.3 Å². The number of H-pyrrole nitrogens is 1. The molecule has 2 amide bonds. The van der Waals surface area contributed by atoms with Gasteiger partial charge in [0.05, 0.1) is 24.8 Å². The number of likely N-dealkylation sites (N-methyl/N-ethyl adjacent to an activating group) is 1. The summed E-state index contributed by atoms with van der Waals surface area (Å²) in [6, 6.07) is 41.5. The van der Waals surface area contributed by atoms with Crippen molar-refractivity contribution in [3.05, 3.63) is 189 Å². The van der Waals surface area contributed by atoms with Crippen LogP contribution in [-0.4, -0.2) is 101 Å². The highest BCUT2D eigenvalue weighted by Gasteiger charge is 2.28. The van der Waals surface area contributed by atoms with Gasteiger partial charge in [-0.05, 0) is 101 Å². The molecule has 6 aromatic rings. The number of aromatic amines is 1. The van der Waals surface area contributed by atoms with Crippen LogP contribution in [0.3, 0.4) is 0 Å². The fraction of sp³-hybridized carbons (Fsp3) is 0.296. The number of aliphatic hydroxyl groups excluding tert-OH is 1. The molecule has 3 heterocycles. The molecule has 12 nitrogen and oxygen atoms in total. The van der Waals surface area contributed by atoms with E-state index in [1.54, 1.807) is 36.2 Å². The lowest BCUT2D eigenvalue weighted by Crippen LogP contribution is -2.42. The number of benzene rings is 5. The van der Waals surface area contributed by atoms with E-state index in [2.05, 4.69) is 51.6 Å². The van der Waals surface area contributed by atoms with Crippen molar-refractivity contribution in [3.63, 3.8) is 0 Å². The van der Waals surface area contributed by atoms with Crippen molar-refractivity contribution in [2.24, 2.45) is 5.92 Å². The van der Waals surface area contributed by atoms with Gasteiger partial charge in [-0.3, -0.25) is 24.1 Å². The zero-order chi connectivity index (χ0) is 46.0. The summed E-state index contributed by atoms with van der Waals surface area (Å²) in [5.41, 5.74) is 7.02. The van der Waals surface area contributed by atoms with Crippen molar-refractivity contribution in [1.29, 1.82) is 0 Å². The van der Waals surface area contributed by atoms with E-state index in [9.17, 15) is 29.4 Å². The Morgan fingerprint density at radius 1 is 0.833 bits per heavy atom. The number of amides is 2. The highest BCUT2D eigenvalue weighted by molar-refractivity contribution is 5.96. The van der Waals surface area contributed by atoms with Gasteiger partial charge >= 0.3 is 5.97 Å². The van der Waals surface area contributed by atoms with Gasteiger partial charge in [-0.1, -0.05) is 109 Å². The molecule has 0 saturated carbocycles. The Hall–Kier alpha value is -6.86. The maximum atomic E-state index is 13.9. The van der Waals surface area contributed by atoms with Crippen LogP contribution < -0.4 is 10.9 Å². The van der Waals surface area contributed by atoms with E-state index in [-0.39, 0.29) is 47.7 Å². The van der Waals surface area contributed by atoms with Gasteiger partial charge in [0.1, 0.15) is 11.7 Å². The van der Waals surface area contributed by atoms with Gasteiger partial charge in [0.25, 0.3) is 5.91 Å². The summed E-state index contributed by atoms with van der Waals surface area (Å²) in [4.78, 5) is 60.8. The number of pyridine rings is 1. The Kier molecular flexibility index (Phi) is 14.8. The smallest absolute Gasteiger partial charge is 0.317 e. The van der Waals surface area contributed by atoms with E-state index in [1.807, 2.05) is 66.7 Å². The molecule has 66 heavy (non-hydrogen) atoms. The number of nitrogens with zero attached hydrogens (tertiary/aromatic N) is 3. The van der Waals surface area contributed by atoms with Crippen molar-refractivity contribution in [2.75, 3.05) is 52.9 Å². The predicted octanol–water partition coefficient (Wildman–Crippen LogP) is 7.03. The van der Waals surface area contributed by atoms with Crippen LogP contribution in [0.1, 0.15) is 75.0 Å². The van der Waals surface area contributed by atoms with Gasteiger partial charge in [-0.2, -0.15) is 0 Å². The number of hydrogen-bond donors (Lipinski definition) is 4. The second-order valence-corrected chi connectivity index (χ2v) is 17.4. The van der Waals surface area contributed by atoms with Crippen molar-refractivity contribution in [3.8, 4) is 5.75 Å². The van der Waals surface area contributed by atoms with Crippen LogP contribution in [-0.2, 0) is 27.4 Å². The monoisotopic (exact) mass is 887 g/mol. The number of phenols is 1. The first kappa shape index (κ1) is 45.7. The summed E-state index contributed by atoms with van der Waals surface area (Å²) in [5, 5.41) is 24.8. The van der Waals surface area contributed by atoms with Crippen LogP contribution in [0.5, 0.6) is 5.75 Å². The summed E-state index contributed by atoms with van der Waals surface area (Å²) < 4.78 is 6.10. The molecule has 2 aliphatic heterocycles. The number of hydrogen-bond acceptors (Lipinski definition) is 9. The lowest BCUT2D eigenvalue weighted by Gasteiger charge is -2.32. The predicted molar refractivity (Wildman–Crippen MR) is 256 cm³/mol. The molecule has 4 N–H and O–H groups in total. The van der Waals surface area contributed by atoms with Gasteiger partial charge in [0, 0.05) is 56.8 Å². The largest absolute Gasteiger partial charge is 0.506 e. The van der Waals surface area contributed by atoms with Gasteiger partial charge in [0.15, 0.2) is 0 Å². The van der Waals surface area contributed by atoms with Crippen LogP contribution in [0, 0.1) is 5.92 Å². The maximum Gasteiger partial charge on any atom is 0.317 e. The molecule has 2 atom stereocenters. The maximum absolute atomic E-state index is 13.9. The van der Waals surface area contributed by atoms with Gasteiger partial charge in [-0.15, -0.1) is 0 Å². The molecule has 0 spiro atoms. The summed E-state index contributed by atoms with van der Waals surface area (Å²) in [7, 11) is 1.63. The van der Waals surface area contributed by atoms with E-state index in [4.69, 9.17) is 4.74 Å². The summed E-state index contributed by atoms with van der Waals surface area (Å²) in [6.07, 6.45) is 3.77. The lowest BCUT2D eigenvalue weighted by atomic mass is 9.88. The SMILES string of the molecule is CN(CC(=O)N1CC=C(c2cccc(C(C(=O)OCC3CCN(Cc4ccccc4)CC3)c3ccccc3)c2)CC1)C(=O)c1ccc(CNCC(O)c2ccc(O)c3[nH]c(=O)ccc23)cc1. The second-order valence-electron chi connectivity index (χ2n) is 17.4. The number of fused-ring (bicyclic) bond motifs is 1. The van der Waals surface area contributed by atoms with Crippen molar-refractivity contribution in [2.45, 2.75) is 44.4 Å². The van der Waals surface area contributed by atoms with E-state index >= 15 is 0 Å². The molecular weight excluding hydrogens is 831 g/mol. The molecule has 340 valence electrons. The summed E-state index contributed by atoms with van der Waals surface area (Å²) >= 11 is 0. The average Bonchev–Trinajstić information content (AvgIpc) is 3.35. The topological polar surface area (TPSA) is 156 Å². The number of likely N-dealkylation sites (tertiary alicyclic amines) is 1. The quantitative estimate of drug-likeness (QED) is 0.0750. The van der Waals surface area contributed by atoms with Crippen LogP contribution >= 0.6 is 0 Å². The number of ether oxygens (including phenoxy) is 1. The van der Waals surface area contributed by atoms with Crippen LogP contribution in [0.15, 0.2) is 144 Å². The molecule has 1 aromatic heterocycles. The minimum atomic E-state index is -0.899. The zero-order valence-electron chi connectivity index (χ0n) is 37.3. The molecule has 1 fully saturated rings. The minimum Gasteiger partial charge on any atom is -0.506 e. The van der Waals surface area contributed by atoms with E-state index < -0.39 is 12.0 Å². The first-order chi connectivity index (χ1) is 32.1. The Morgan fingerprint density at radius 3 is 2.29 bits per heavy atom. The standard InChI is InChI=1S/C54H57N5O7/c1-57(53(64)42-17-15-37(16-18-42)32-55-33-48(61)45-19-21-47(60)52-46(45)20-22-49(62)56-52)35-50(63)59-29-25-40(26-30-59)43-13-8-14-44(31-43)51(41-11-6-3-7-12-41)54(65)66-36-39-23-27-58(28-24-39)34-38-9-4-2-5-10-38/h2-22,25,31,39,48,51,55,60-61H,23-24,26-30,32-36H2,1H3,(H,56,62). The average molecular weight is 888 g/mol. The summed E-state index contributed by atoms with van der Waals surface area (Å²) in [5.74, 6) is -0.972. The number of phenolic OH excluding ortho intramolecular Hbond substituents is 1. The van der Waals surface area contributed by atoms with Gasteiger partial charge < -0.3 is 35.1 Å². The third-order valence-corrected chi connectivity index (χ3v) is 12.8. The summed E-state index contributed by atoms with van der Waals surface area (Å²) in [6.45, 7) is 4.80. The fourth-order valence-electron chi connectivity index (χ4n) is 9.00. The first-order valence-corrected chi connectivity index (χ1v) is 22.7. The highest BCUT2D eigenvalue weighted by Crippen LogP contribution is 2.32. The molecule has 0 radical (unpaired) electrons. The number of carbonyl (C=O) groups is 3. The number of aliphatic hydroxyl groups is 1. The Balaban J connectivity index is 0.815. The number of nitrogens with one attached hydrogen (secondary N) is 2. The molecular formula is C54H57N5O7. The molecule has 0 bridgehead atoms. The molecule has 2 unspecified atom stereocenters. The van der Waals surface area contributed by atoms with Crippen LogP contribution in [0.2, 0.25) is 0 Å². The molecule has 2 aliphatic rings. The van der Waals surface area contributed by atoms with E-state index in [0.29, 0.717) is 55.1 Å². The molecule has 1 saturated heterocycles. The second kappa shape index (κ2) is 21.4. The third-order valence-electron chi connectivity index (χ3n) is 12.8. The number of carbonyl (C=O) groups excluding carboxylic acids is 3. The minimum absolute atomic E-state index is 0.0633. The van der Waals surface area contributed by atoms with Crippen LogP contribution in [0.4, 0.5) is 0 Å². The Morgan fingerprint density at radius 2 is 1.56 bits per heavy atom. The van der Waals surface area contributed by atoms with Crippen LogP contribution in [0.25, 0.3) is 16.5 Å². The highest BCUT2D eigenvalue weighted by atomic mass is 16.5. The van der Waals surface area contributed by atoms with E-state index in [1.165, 1.54) is 22.6 Å². The Bertz CT molecular complexity index is 2710. The van der Waals surface area contributed by atoms with Gasteiger partial charge in [0.2, 0.25) is 11.5 Å². The number of aromatic nitrogens is 1. The lowest BCUT2D eigenvalue weighted by molar-refractivity contribution is -0.146. The number of rotatable bonds is 16.